The van der Waals surface area contributed by atoms with Crippen molar-refractivity contribution in [3.8, 4) is 11.3 Å². The van der Waals surface area contributed by atoms with Crippen LogP contribution in [-0.4, -0.2) is 16.0 Å². The first kappa shape index (κ1) is 16.2. The molecule has 0 fully saturated rings. The van der Waals surface area contributed by atoms with Crippen molar-refractivity contribution in [2.75, 3.05) is 5.32 Å². The SMILES string of the molecule is O=C(Cc1cc(-c2ccc(Cl)cc2)on1)Nc1ccc2oc(=O)[nH]c2c1. The second-order valence-electron chi connectivity index (χ2n) is 5.64. The molecule has 4 aromatic rings. The summed E-state index contributed by atoms with van der Waals surface area (Å²) in [6.45, 7) is 0. The Balaban J connectivity index is 1.45. The first-order chi connectivity index (χ1) is 12.6. The predicted molar refractivity (Wildman–Crippen MR) is 96.1 cm³/mol. The van der Waals surface area contributed by atoms with Gasteiger partial charge in [-0.15, -0.1) is 0 Å². The third kappa shape index (κ3) is 3.38. The van der Waals surface area contributed by atoms with Crippen molar-refractivity contribution in [1.29, 1.82) is 0 Å². The molecular formula is C18H12ClN3O4. The molecule has 0 unspecified atom stereocenters. The minimum absolute atomic E-state index is 0.0526. The van der Waals surface area contributed by atoms with Gasteiger partial charge in [-0.1, -0.05) is 16.8 Å². The van der Waals surface area contributed by atoms with Gasteiger partial charge in [-0.3, -0.25) is 9.78 Å². The number of nitrogens with zero attached hydrogens (tertiary/aromatic N) is 1. The molecule has 0 radical (unpaired) electrons. The molecule has 0 atom stereocenters. The number of fused-ring (bicyclic) bond motifs is 1. The van der Waals surface area contributed by atoms with Crippen LogP contribution in [0, 0.1) is 0 Å². The van der Waals surface area contributed by atoms with Crippen LogP contribution in [-0.2, 0) is 11.2 Å². The Bertz CT molecular complexity index is 1140. The van der Waals surface area contributed by atoms with Crippen LogP contribution in [0.3, 0.4) is 0 Å². The average molecular weight is 370 g/mol. The number of nitrogens with one attached hydrogen (secondary N) is 2. The van der Waals surface area contributed by atoms with Gasteiger partial charge in [-0.05, 0) is 42.5 Å². The second kappa shape index (κ2) is 6.53. The van der Waals surface area contributed by atoms with Crippen molar-refractivity contribution < 1.29 is 13.7 Å². The van der Waals surface area contributed by atoms with Crippen LogP contribution in [0.5, 0.6) is 0 Å². The number of halogens is 1. The number of oxazole rings is 1. The Morgan fingerprint density at radius 1 is 1.15 bits per heavy atom. The standard InChI is InChI=1S/C18H12ClN3O4/c19-11-3-1-10(2-4-11)16-8-13(22-26-16)9-17(23)20-12-5-6-15-14(7-12)21-18(24)25-15/h1-8H,9H2,(H,20,23)(H,21,24). The number of H-pyrrole nitrogens is 1. The summed E-state index contributed by atoms with van der Waals surface area (Å²) in [5.41, 5.74) is 2.81. The highest BCUT2D eigenvalue weighted by Gasteiger charge is 2.12. The van der Waals surface area contributed by atoms with E-state index in [9.17, 15) is 9.59 Å². The molecule has 2 heterocycles. The molecule has 0 bridgehead atoms. The maximum atomic E-state index is 12.2. The minimum atomic E-state index is -0.541. The van der Waals surface area contributed by atoms with E-state index in [1.807, 2.05) is 12.1 Å². The zero-order valence-electron chi connectivity index (χ0n) is 13.3. The summed E-state index contributed by atoms with van der Waals surface area (Å²) in [6, 6.07) is 13.7. The number of benzene rings is 2. The zero-order valence-corrected chi connectivity index (χ0v) is 14.0. The normalized spacial score (nSPS) is 11.0. The molecule has 2 aromatic heterocycles. The molecule has 7 nitrogen and oxygen atoms in total. The monoisotopic (exact) mass is 369 g/mol. The molecule has 26 heavy (non-hydrogen) atoms. The van der Waals surface area contributed by atoms with E-state index in [-0.39, 0.29) is 12.3 Å². The number of aromatic amines is 1. The number of anilines is 1. The highest BCUT2D eigenvalue weighted by atomic mass is 35.5. The Labute approximate surface area is 151 Å². The number of hydrogen-bond donors (Lipinski definition) is 2. The number of amides is 1. The number of rotatable bonds is 4. The molecule has 1 amide bonds. The second-order valence-corrected chi connectivity index (χ2v) is 6.08. The molecule has 130 valence electrons. The Kier molecular flexibility index (Phi) is 4.06. The van der Waals surface area contributed by atoms with E-state index in [0.29, 0.717) is 33.3 Å². The number of hydrogen-bond acceptors (Lipinski definition) is 5. The minimum Gasteiger partial charge on any atom is -0.408 e. The van der Waals surface area contributed by atoms with Crippen molar-refractivity contribution in [1.82, 2.24) is 10.1 Å². The molecule has 2 N–H and O–H groups in total. The third-order valence-electron chi connectivity index (χ3n) is 3.73. The van der Waals surface area contributed by atoms with Crippen molar-refractivity contribution in [3.05, 3.63) is 69.8 Å². The van der Waals surface area contributed by atoms with E-state index >= 15 is 0 Å². The zero-order chi connectivity index (χ0) is 18.1. The Morgan fingerprint density at radius 3 is 2.77 bits per heavy atom. The summed E-state index contributed by atoms with van der Waals surface area (Å²) in [6.07, 6.45) is 0.0526. The van der Waals surface area contributed by atoms with Gasteiger partial charge >= 0.3 is 5.76 Å². The van der Waals surface area contributed by atoms with Crippen LogP contribution in [0.2, 0.25) is 5.02 Å². The summed E-state index contributed by atoms with van der Waals surface area (Å²) in [7, 11) is 0. The van der Waals surface area contributed by atoms with Crippen LogP contribution in [0.25, 0.3) is 22.4 Å². The highest BCUT2D eigenvalue weighted by Crippen LogP contribution is 2.23. The summed E-state index contributed by atoms with van der Waals surface area (Å²) >= 11 is 5.86. The maximum Gasteiger partial charge on any atom is 0.417 e. The first-order valence-electron chi connectivity index (χ1n) is 7.71. The summed E-state index contributed by atoms with van der Waals surface area (Å²) in [4.78, 5) is 25.9. The van der Waals surface area contributed by atoms with E-state index in [4.69, 9.17) is 20.5 Å². The van der Waals surface area contributed by atoms with Gasteiger partial charge in [-0.25, -0.2) is 4.79 Å². The lowest BCUT2D eigenvalue weighted by molar-refractivity contribution is -0.115. The van der Waals surface area contributed by atoms with E-state index in [2.05, 4.69) is 15.5 Å². The molecular weight excluding hydrogens is 358 g/mol. The lowest BCUT2D eigenvalue weighted by Gasteiger charge is -2.03. The average Bonchev–Trinajstić information content (AvgIpc) is 3.20. The topological polar surface area (TPSA) is 101 Å². The lowest BCUT2D eigenvalue weighted by atomic mass is 10.1. The van der Waals surface area contributed by atoms with E-state index in [0.717, 1.165) is 5.56 Å². The maximum absolute atomic E-state index is 12.2. The Hall–Kier alpha value is -3.32. The molecule has 8 heteroatoms. The van der Waals surface area contributed by atoms with Crippen LogP contribution < -0.4 is 11.1 Å². The third-order valence-corrected chi connectivity index (χ3v) is 3.98. The van der Waals surface area contributed by atoms with Gasteiger partial charge < -0.3 is 14.3 Å². The van der Waals surface area contributed by atoms with Crippen LogP contribution in [0.1, 0.15) is 5.69 Å². The fraction of sp³-hybridized carbons (Fsp3) is 0.0556. The highest BCUT2D eigenvalue weighted by molar-refractivity contribution is 6.30. The van der Waals surface area contributed by atoms with Crippen LogP contribution in [0.4, 0.5) is 5.69 Å². The fourth-order valence-corrected chi connectivity index (χ4v) is 2.67. The molecule has 0 aliphatic heterocycles. The molecule has 0 aliphatic carbocycles. The molecule has 0 aliphatic rings. The van der Waals surface area contributed by atoms with Gasteiger partial charge in [-0.2, -0.15) is 0 Å². The van der Waals surface area contributed by atoms with Crippen molar-refractivity contribution in [2.24, 2.45) is 0 Å². The van der Waals surface area contributed by atoms with Crippen LogP contribution >= 0.6 is 11.6 Å². The summed E-state index contributed by atoms with van der Waals surface area (Å²) < 4.78 is 10.2. The van der Waals surface area contributed by atoms with Gasteiger partial charge in [0.2, 0.25) is 5.91 Å². The van der Waals surface area contributed by atoms with E-state index in [1.54, 1.807) is 36.4 Å². The molecule has 0 spiro atoms. The van der Waals surface area contributed by atoms with E-state index in [1.165, 1.54) is 0 Å². The summed E-state index contributed by atoms with van der Waals surface area (Å²) in [5, 5.41) is 7.29. The predicted octanol–water partition coefficient (Wildman–Crippen LogP) is 3.61. The molecule has 4 rings (SSSR count). The molecule has 0 saturated carbocycles. The van der Waals surface area contributed by atoms with Crippen molar-refractivity contribution in [3.63, 3.8) is 0 Å². The smallest absolute Gasteiger partial charge is 0.408 e. The van der Waals surface area contributed by atoms with E-state index < -0.39 is 5.76 Å². The van der Waals surface area contributed by atoms with Crippen molar-refractivity contribution >= 4 is 34.3 Å². The van der Waals surface area contributed by atoms with Gasteiger partial charge in [0, 0.05) is 22.3 Å². The number of carbonyl (C=O) groups excluding carboxylic acids is 1. The van der Waals surface area contributed by atoms with Crippen molar-refractivity contribution in [2.45, 2.75) is 6.42 Å². The first-order valence-corrected chi connectivity index (χ1v) is 8.09. The molecule has 0 saturated heterocycles. The van der Waals surface area contributed by atoms with Gasteiger partial charge in [0.15, 0.2) is 11.3 Å². The van der Waals surface area contributed by atoms with Gasteiger partial charge in [0.25, 0.3) is 0 Å². The number of aromatic nitrogens is 2. The largest absolute Gasteiger partial charge is 0.417 e. The fourth-order valence-electron chi connectivity index (χ4n) is 2.54. The van der Waals surface area contributed by atoms with Crippen LogP contribution in [0.15, 0.2) is 62.3 Å². The Morgan fingerprint density at radius 2 is 1.96 bits per heavy atom. The quantitative estimate of drug-likeness (QED) is 0.572. The number of carbonyl (C=O) groups is 1. The lowest BCUT2D eigenvalue weighted by Crippen LogP contribution is -2.14. The summed E-state index contributed by atoms with van der Waals surface area (Å²) in [5.74, 6) is -0.242. The molecule has 2 aromatic carbocycles. The van der Waals surface area contributed by atoms with Gasteiger partial charge in [0.05, 0.1) is 17.6 Å². The van der Waals surface area contributed by atoms with Gasteiger partial charge in [0.1, 0.15) is 0 Å².